The van der Waals surface area contributed by atoms with E-state index in [1.807, 2.05) is 48.5 Å². The molecule has 0 N–H and O–H groups in total. The van der Waals surface area contributed by atoms with E-state index in [2.05, 4.69) is 48.5 Å². The van der Waals surface area contributed by atoms with Gasteiger partial charge >= 0.3 is 0 Å². The molecule has 7 rings (SSSR count). The molecule has 0 spiro atoms. The molecule has 1 aliphatic rings. The Hall–Kier alpha value is -4.84. The number of benzene rings is 6. The highest BCUT2D eigenvalue weighted by Gasteiger charge is 2.11. The van der Waals surface area contributed by atoms with Gasteiger partial charge in [-0.3, -0.25) is 0 Å². The molecular weight excluding hydrogens is 849 g/mol. The van der Waals surface area contributed by atoms with Crippen molar-refractivity contribution in [3.05, 3.63) is 97.1 Å². The van der Waals surface area contributed by atoms with Crippen LogP contribution in [0.5, 0.6) is 23.0 Å². The Balaban J connectivity index is 0.832. The third-order valence-electron chi connectivity index (χ3n) is 10.5. The summed E-state index contributed by atoms with van der Waals surface area (Å²) >= 11 is 0. The summed E-state index contributed by atoms with van der Waals surface area (Å²) in [4.78, 5) is 0. The van der Waals surface area contributed by atoms with Gasteiger partial charge in [0.2, 0.25) is 0 Å². The van der Waals surface area contributed by atoms with Crippen LogP contribution in [0.25, 0.3) is 43.1 Å². The maximum atomic E-state index is 6.17. The van der Waals surface area contributed by atoms with Crippen LogP contribution in [0.3, 0.4) is 0 Å². The van der Waals surface area contributed by atoms with Gasteiger partial charge in [0.1, 0.15) is 49.4 Å². The molecule has 0 atom stereocenters. The summed E-state index contributed by atoms with van der Waals surface area (Å²) in [6, 6.07) is 32.8. The van der Waals surface area contributed by atoms with E-state index < -0.39 is 0 Å². The summed E-state index contributed by atoms with van der Waals surface area (Å²) in [5.41, 5.74) is 0. The molecule has 0 saturated heterocycles. The maximum absolute atomic E-state index is 6.17. The third-order valence-corrected chi connectivity index (χ3v) is 10.5. The fourth-order valence-electron chi connectivity index (χ4n) is 7.30. The monoisotopic (exact) mass is 912 g/mol. The molecule has 14 nitrogen and oxygen atoms in total. The minimum atomic E-state index is 0.413. The molecule has 356 valence electrons. The van der Waals surface area contributed by atoms with Crippen LogP contribution in [0.2, 0.25) is 0 Å². The summed E-state index contributed by atoms with van der Waals surface area (Å²) in [5, 5.41) is 8.39. The van der Waals surface area contributed by atoms with E-state index in [0.717, 1.165) is 66.1 Å². The topological polar surface area (TPSA) is 129 Å². The lowest BCUT2D eigenvalue weighted by Gasteiger charge is -2.13. The van der Waals surface area contributed by atoms with E-state index in [4.69, 9.17) is 66.3 Å². The van der Waals surface area contributed by atoms with Crippen molar-refractivity contribution in [2.45, 2.75) is 0 Å². The zero-order chi connectivity index (χ0) is 45.1. The second kappa shape index (κ2) is 29.0. The minimum Gasteiger partial charge on any atom is -0.491 e. The second-order valence-electron chi connectivity index (χ2n) is 15.1. The summed E-state index contributed by atoms with van der Waals surface area (Å²) < 4.78 is 81.6. The van der Waals surface area contributed by atoms with Crippen LogP contribution in [-0.4, -0.2) is 159 Å². The molecule has 0 aromatic heterocycles. The highest BCUT2D eigenvalue weighted by atomic mass is 16.6. The van der Waals surface area contributed by atoms with E-state index in [1.165, 1.54) is 0 Å². The lowest BCUT2D eigenvalue weighted by Crippen LogP contribution is -2.15. The quantitative estimate of drug-likeness (QED) is 0.138. The standard InChI is InChI=1S/C52H64O14/c1-5-41-37-42-6-2-10-50-46(42)39-45(41)49(9-1)63-33-29-59-25-21-55-17-13-53-14-18-57-23-27-61-31-35-65-51-11-3-7-43-38-44-8-4-12-52(48(44)40-47(43)51)66-36-32-62-28-24-58-20-16-54-15-19-56-22-26-60-30-34-64-50/h1-12,37-40H,13-36H2. The van der Waals surface area contributed by atoms with Crippen molar-refractivity contribution in [2.75, 3.05) is 159 Å². The maximum Gasteiger partial charge on any atom is 0.127 e. The van der Waals surface area contributed by atoms with Gasteiger partial charge in [0, 0.05) is 21.5 Å². The minimum absolute atomic E-state index is 0.413. The first kappa shape index (κ1) is 49.1. The van der Waals surface area contributed by atoms with Gasteiger partial charge in [-0.25, -0.2) is 0 Å². The largest absolute Gasteiger partial charge is 0.491 e. The fourth-order valence-corrected chi connectivity index (χ4v) is 7.30. The van der Waals surface area contributed by atoms with Gasteiger partial charge in [-0.15, -0.1) is 0 Å². The van der Waals surface area contributed by atoms with Crippen molar-refractivity contribution in [1.29, 1.82) is 0 Å². The molecule has 0 fully saturated rings. The molecule has 0 amide bonds. The van der Waals surface area contributed by atoms with Crippen molar-refractivity contribution in [3.63, 3.8) is 0 Å². The zero-order valence-electron chi connectivity index (χ0n) is 37.9. The van der Waals surface area contributed by atoms with Crippen molar-refractivity contribution in [3.8, 4) is 23.0 Å². The van der Waals surface area contributed by atoms with Crippen LogP contribution < -0.4 is 18.9 Å². The second-order valence-corrected chi connectivity index (χ2v) is 15.1. The van der Waals surface area contributed by atoms with E-state index >= 15 is 0 Å². The summed E-state index contributed by atoms with van der Waals surface area (Å²) in [6.45, 7) is 11.0. The molecule has 1 aliphatic heterocycles. The molecule has 0 radical (unpaired) electrons. The Morgan fingerprint density at radius 3 is 0.576 bits per heavy atom. The summed E-state index contributed by atoms with van der Waals surface area (Å²) in [6.07, 6.45) is 0. The van der Waals surface area contributed by atoms with Crippen molar-refractivity contribution in [1.82, 2.24) is 0 Å². The Morgan fingerprint density at radius 1 is 0.197 bits per heavy atom. The normalized spacial score (nSPS) is 18.5. The number of hydrogen-bond acceptors (Lipinski definition) is 14. The molecule has 6 aromatic carbocycles. The molecule has 6 aromatic rings. The Kier molecular flexibility index (Phi) is 21.6. The molecule has 0 saturated carbocycles. The Bertz CT molecular complexity index is 1990. The average Bonchev–Trinajstić information content (AvgIpc) is 3.34. The zero-order valence-corrected chi connectivity index (χ0v) is 37.9. The van der Waals surface area contributed by atoms with Crippen molar-refractivity contribution in [2.24, 2.45) is 0 Å². The molecule has 0 unspecified atom stereocenters. The SMILES string of the molecule is c1cc2c3cc4c(cccc4cc3c1)OCCOCCOCCOCCOCCOCCOc1cccc3cc4cccc(c4cc13)OCCOCCOCCOCCOCCOCCO2. The molecular formula is C52H64O14. The fraction of sp³-hybridized carbons (Fsp3) is 0.462. The Morgan fingerprint density at radius 2 is 0.379 bits per heavy atom. The molecule has 66 heavy (non-hydrogen) atoms. The van der Waals surface area contributed by atoms with Crippen LogP contribution in [0.4, 0.5) is 0 Å². The average molecular weight is 913 g/mol. The van der Waals surface area contributed by atoms with Crippen LogP contribution in [0.1, 0.15) is 0 Å². The van der Waals surface area contributed by atoms with Gasteiger partial charge < -0.3 is 66.3 Å². The van der Waals surface area contributed by atoms with Gasteiger partial charge in [0.15, 0.2) is 0 Å². The molecule has 14 heteroatoms. The van der Waals surface area contributed by atoms with Gasteiger partial charge in [-0.2, -0.15) is 0 Å². The van der Waals surface area contributed by atoms with Gasteiger partial charge in [0.05, 0.1) is 132 Å². The highest BCUT2D eigenvalue weighted by molar-refractivity contribution is 6.04. The predicted molar refractivity (Wildman–Crippen MR) is 253 cm³/mol. The predicted octanol–water partition coefficient (Wildman–Crippen LogP) is 7.69. The first-order valence-electron chi connectivity index (χ1n) is 23.0. The molecule has 1 heterocycles. The lowest BCUT2D eigenvalue weighted by molar-refractivity contribution is -0.0141. The van der Waals surface area contributed by atoms with Crippen LogP contribution in [0.15, 0.2) is 97.1 Å². The van der Waals surface area contributed by atoms with E-state index in [-0.39, 0.29) is 0 Å². The summed E-state index contributed by atoms with van der Waals surface area (Å²) in [5.74, 6) is 3.17. The first-order valence-corrected chi connectivity index (χ1v) is 23.0. The van der Waals surface area contributed by atoms with Gasteiger partial charge in [-0.1, -0.05) is 48.5 Å². The van der Waals surface area contributed by atoms with Gasteiger partial charge in [0.25, 0.3) is 0 Å². The molecule has 0 aliphatic carbocycles. The first-order chi connectivity index (χ1) is 32.8. The van der Waals surface area contributed by atoms with Crippen LogP contribution in [-0.2, 0) is 47.4 Å². The van der Waals surface area contributed by atoms with Crippen molar-refractivity contribution >= 4 is 43.1 Å². The highest BCUT2D eigenvalue weighted by Crippen LogP contribution is 2.35. The number of hydrogen-bond donors (Lipinski definition) is 0. The number of ether oxygens (including phenoxy) is 14. The number of rotatable bonds is 0. The van der Waals surface area contributed by atoms with E-state index in [1.54, 1.807) is 0 Å². The van der Waals surface area contributed by atoms with E-state index in [0.29, 0.717) is 159 Å². The van der Waals surface area contributed by atoms with E-state index in [9.17, 15) is 0 Å². The smallest absolute Gasteiger partial charge is 0.127 e. The van der Waals surface area contributed by atoms with Crippen LogP contribution >= 0.6 is 0 Å². The Labute approximate surface area is 387 Å². The molecule has 4 bridgehead atoms. The van der Waals surface area contributed by atoms with Gasteiger partial charge in [-0.05, 0) is 70.1 Å². The van der Waals surface area contributed by atoms with Crippen molar-refractivity contribution < 1.29 is 66.3 Å². The summed E-state index contributed by atoms with van der Waals surface area (Å²) in [7, 11) is 0. The third kappa shape index (κ3) is 16.2. The lowest BCUT2D eigenvalue weighted by atomic mass is 10.0. The van der Waals surface area contributed by atoms with Crippen LogP contribution in [0, 0.1) is 0 Å².